The molecule has 0 saturated carbocycles. The lowest BCUT2D eigenvalue weighted by Gasteiger charge is -2.29. The predicted octanol–water partition coefficient (Wildman–Crippen LogP) is 3.22. The third-order valence-electron chi connectivity index (χ3n) is 4.43. The number of nitrogens with two attached hydrogens (primary N) is 1. The lowest BCUT2D eigenvalue weighted by molar-refractivity contribution is 0.0734. The normalized spacial score (nSPS) is 14.1. The first-order chi connectivity index (χ1) is 12.6. The molecule has 4 nitrogen and oxygen atoms in total. The minimum absolute atomic E-state index is 0.00881. The van der Waals surface area contributed by atoms with Crippen LogP contribution < -0.4 is 10.5 Å². The number of benzene rings is 2. The van der Waals surface area contributed by atoms with Crippen molar-refractivity contribution in [2.75, 3.05) is 19.7 Å². The molecular formula is C20H20F2N2O2. The minimum Gasteiger partial charge on any atom is -0.486 e. The third kappa shape index (κ3) is 3.91. The van der Waals surface area contributed by atoms with Crippen LogP contribution in [-0.4, -0.2) is 30.5 Å². The summed E-state index contributed by atoms with van der Waals surface area (Å²) in [5, 5.41) is 0. The zero-order valence-electron chi connectivity index (χ0n) is 14.3. The zero-order valence-corrected chi connectivity index (χ0v) is 14.3. The summed E-state index contributed by atoms with van der Waals surface area (Å²) in [4.78, 5) is 14.4. The first kappa shape index (κ1) is 18.1. The van der Waals surface area contributed by atoms with Crippen molar-refractivity contribution in [1.82, 2.24) is 4.90 Å². The van der Waals surface area contributed by atoms with Gasteiger partial charge >= 0.3 is 0 Å². The first-order valence-electron chi connectivity index (χ1n) is 8.39. The lowest BCUT2D eigenvalue weighted by atomic mass is 9.99. The number of ether oxygens (including phenoxy) is 1. The van der Waals surface area contributed by atoms with Crippen molar-refractivity contribution in [3.63, 3.8) is 0 Å². The number of nitrogens with zero attached hydrogens (tertiary/aromatic N) is 1. The van der Waals surface area contributed by atoms with Gasteiger partial charge in [-0.25, -0.2) is 8.78 Å². The zero-order chi connectivity index (χ0) is 18.5. The smallest absolute Gasteiger partial charge is 0.254 e. The highest BCUT2D eigenvalue weighted by Gasteiger charge is 2.22. The van der Waals surface area contributed by atoms with Gasteiger partial charge in [-0.2, -0.15) is 0 Å². The number of rotatable bonds is 5. The van der Waals surface area contributed by atoms with Crippen LogP contribution in [0.25, 0.3) is 0 Å². The van der Waals surface area contributed by atoms with E-state index in [4.69, 9.17) is 10.5 Å². The van der Waals surface area contributed by atoms with Gasteiger partial charge in [0, 0.05) is 30.8 Å². The van der Waals surface area contributed by atoms with Gasteiger partial charge in [0.2, 0.25) is 0 Å². The molecule has 0 saturated heterocycles. The molecule has 0 spiro atoms. The van der Waals surface area contributed by atoms with E-state index in [1.807, 2.05) is 18.2 Å². The molecule has 2 aromatic rings. The van der Waals surface area contributed by atoms with Crippen LogP contribution in [0.2, 0.25) is 0 Å². The number of carbonyl (C=O) groups is 1. The molecule has 1 aliphatic heterocycles. The summed E-state index contributed by atoms with van der Waals surface area (Å²) in [7, 11) is 0. The van der Waals surface area contributed by atoms with E-state index in [2.05, 4.69) is 6.07 Å². The topological polar surface area (TPSA) is 55.6 Å². The fourth-order valence-electron chi connectivity index (χ4n) is 2.91. The Labute approximate surface area is 150 Å². The second-order valence-corrected chi connectivity index (χ2v) is 6.15. The second-order valence-electron chi connectivity index (χ2n) is 6.15. The van der Waals surface area contributed by atoms with Gasteiger partial charge in [0.1, 0.15) is 6.61 Å². The molecule has 0 aliphatic carbocycles. The van der Waals surface area contributed by atoms with Crippen molar-refractivity contribution in [2.45, 2.75) is 13.0 Å². The SMILES string of the molecule is NC/C(=C\F)COc1ccc(C(=O)N2CCc3ccccc3C2)cc1F. The molecule has 3 rings (SSSR count). The molecular weight excluding hydrogens is 338 g/mol. The molecule has 0 bridgehead atoms. The summed E-state index contributed by atoms with van der Waals surface area (Å²) in [6, 6.07) is 12.0. The van der Waals surface area contributed by atoms with Crippen LogP contribution in [0.5, 0.6) is 5.75 Å². The van der Waals surface area contributed by atoms with Crippen molar-refractivity contribution < 1.29 is 18.3 Å². The molecule has 1 amide bonds. The summed E-state index contributed by atoms with van der Waals surface area (Å²) in [5.41, 5.74) is 8.16. The maximum absolute atomic E-state index is 14.2. The van der Waals surface area contributed by atoms with E-state index in [0.717, 1.165) is 18.1 Å². The van der Waals surface area contributed by atoms with Gasteiger partial charge in [0.05, 0.1) is 6.33 Å². The molecule has 26 heavy (non-hydrogen) atoms. The van der Waals surface area contributed by atoms with Crippen LogP contribution in [-0.2, 0) is 13.0 Å². The van der Waals surface area contributed by atoms with E-state index in [-0.39, 0.29) is 35.9 Å². The standard InChI is InChI=1S/C20H20F2N2O2/c21-10-14(11-23)13-26-19-6-5-16(9-18(19)22)20(25)24-8-7-15-3-1-2-4-17(15)12-24/h1-6,9-10H,7-8,11-13,23H2/b14-10+. The van der Waals surface area contributed by atoms with Crippen molar-refractivity contribution in [1.29, 1.82) is 0 Å². The van der Waals surface area contributed by atoms with Gasteiger partial charge in [0.25, 0.3) is 5.91 Å². The molecule has 6 heteroatoms. The summed E-state index contributed by atoms with van der Waals surface area (Å²) in [5.74, 6) is -0.932. The highest BCUT2D eigenvalue weighted by molar-refractivity contribution is 5.94. The van der Waals surface area contributed by atoms with E-state index in [9.17, 15) is 13.6 Å². The maximum Gasteiger partial charge on any atom is 0.254 e. The molecule has 136 valence electrons. The lowest BCUT2D eigenvalue weighted by Crippen LogP contribution is -2.35. The van der Waals surface area contributed by atoms with Crippen LogP contribution in [0.4, 0.5) is 8.78 Å². The van der Waals surface area contributed by atoms with Crippen LogP contribution in [0, 0.1) is 5.82 Å². The van der Waals surface area contributed by atoms with Gasteiger partial charge in [0.15, 0.2) is 11.6 Å². The van der Waals surface area contributed by atoms with Crippen LogP contribution >= 0.6 is 0 Å². The monoisotopic (exact) mass is 358 g/mol. The van der Waals surface area contributed by atoms with Gasteiger partial charge in [-0.05, 0) is 35.7 Å². The molecule has 0 aromatic heterocycles. The Hall–Kier alpha value is -2.73. The van der Waals surface area contributed by atoms with Crippen molar-refractivity contribution in [2.24, 2.45) is 5.73 Å². The fourth-order valence-corrected chi connectivity index (χ4v) is 2.91. The predicted molar refractivity (Wildman–Crippen MR) is 95.0 cm³/mol. The molecule has 2 aromatic carbocycles. The minimum atomic E-state index is -0.663. The molecule has 0 unspecified atom stereocenters. The number of carbonyl (C=O) groups excluding carboxylic acids is 1. The molecule has 2 N–H and O–H groups in total. The Bertz CT molecular complexity index is 836. The van der Waals surface area contributed by atoms with Crippen LogP contribution in [0.3, 0.4) is 0 Å². The molecule has 0 fully saturated rings. The van der Waals surface area contributed by atoms with E-state index in [0.29, 0.717) is 19.4 Å². The van der Waals surface area contributed by atoms with Gasteiger partial charge in [-0.3, -0.25) is 4.79 Å². The van der Waals surface area contributed by atoms with Crippen molar-refractivity contribution in [3.05, 3.63) is 76.9 Å². The highest BCUT2D eigenvalue weighted by atomic mass is 19.1. The van der Waals surface area contributed by atoms with Gasteiger partial charge < -0.3 is 15.4 Å². The molecule has 1 aliphatic rings. The summed E-state index contributed by atoms with van der Waals surface area (Å²) < 4.78 is 31.9. The number of amides is 1. The van der Waals surface area contributed by atoms with E-state index in [1.54, 1.807) is 4.90 Å². The van der Waals surface area contributed by atoms with Crippen molar-refractivity contribution in [3.8, 4) is 5.75 Å². The van der Waals surface area contributed by atoms with E-state index in [1.165, 1.54) is 17.7 Å². The summed E-state index contributed by atoms with van der Waals surface area (Å²) in [6.45, 7) is 0.956. The van der Waals surface area contributed by atoms with Gasteiger partial charge in [-0.15, -0.1) is 0 Å². The van der Waals surface area contributed by atoms with Crippen LogP contribution in [0.1, 0.15) is 21.5 Å². The Morgan fingerprint density at radius 1 is 1.23 bits per heavy atom. The third-order valence-corrected chi connectivity index (χ3v) is 4.43. The number of hydrogen-bond donors (Lipinski definition) is 1. The average Bonchev–Trinajstić information content (AvgIpc) is 2.68. The average molecular weight is 358 g/mol. The number of fused-ring (bicyclic) bond motifs is 1. The quantitative estimate of drug-likeness (QED) is 0.893. The fraction of sp³-hybridized carbons (Fsp3) is 0.250. The molecule has 0 radical (unpaired) electrons. The summed E-state index contributed by atoms with van der Waals surface area (Å²) >= 11 is 0. The largest absolute Gasteiger partial charge is 0.486 e. The van der Waals surface area contributed by atoms with Crippen molar-refractivity contribution >= 4 is 5.91 Å². The highest BCUT2D eigenvalue weighted by Crippen LogP contribution is 2.23. The number of hydrogen-bond acceptors (Lipinski definition) is 3. The Kier molecular flexibility index (Phi) is 5.63. The Balaban J connectivity index is 1.70. The summed E-state index contributed by atoms with van der Waals surface area (Å²) in [6.07, 6.45) is 1.13. The van der Waals surface area contributed by atoms with Gasteiger partial charge in [-0.1, -0.05) is 24.3 Å². The Morgan fingerprint density at radius 3 is 2.69 bits per heavy atom. The van der Waals surface area contributed by atoms with E-state index < -0.39 is 5.82 Å². The van der Waals surface area contributed by atoms with E-state index >= 15 is 0 Å². The molecule has 0 atom stereocenters. The number of halogens is 2. The Morgan fingerprint density at radius 2 is 2.00 bits per heavy atom. The molecule has 1 heterocycles. The maximum atomic E-state index is 14.2. The second kappa shape index (κ2) is 8.10. The van der Waals surface area contributed by atoms with Crippen LogP contribution in [0.15, 0.2) is 54.4 Å². The first-order valence-corrected chi connectivity index (χ1v) is 8.39.